The van der Waals surface area contributed by atoms with Gasteiger partial charge in [0.2, 0.25) is 5.28 Å². The van der Waals surface area contributed by atoms with Gasteiger partial charge in [0, 0.05) is 13.0 Å². The first-order valence-corrected chi connectivity index (χ1v) is 6.69. The Labute approximate surface area is 117 Å². The Morgan fingerprint density at radius 2 is 2.21 bits per heavy atom. The number of nitrogens with zero attached hydrogens (tertiary/aromatic N) is 4. The number of fused-ring (bicyclic) bond motifs is 2. The normalized spacial score (nSPS) is 28.9. The van der Waals surface area contributed by atoms with Crippen LogP contribution in [0.3, 0.4) is 0 Å². The van der Waals surface area contributed by atoms with Crippen LogP contribution in [0.2, 0.25) is 10.4 Å². The molecular formula is C11H10Cl2N4O2. The number of ether oxygens (including phenoxy) is 1. The molecule has 0 aromatic carbocycles. The fraction of sp³-hybridized carbons (Fsp3) is 0.545. The van der Waals surface area contributed by atoms with E-state index in [4.69, 9.17) is 27.9 Å². The number of imidazole rings is 1. The van der Waals surface area contributed by atoms with Crippen molar-refractivity contribution < 1.29 is 4.74 Å². The highest BCUT2D eigenvalue weighted by atomic mass is 35.5. The zero-order valence-electron chi connectivity index (χ0n) is 10.1. The van der Waals surface area contributed by atoms with Gasteiger partial charge in [0.1, 0.15) is 5.52 Å². The molecule has 19 heavy (non-hydrogen) atoms. The number of hydrogen-bond donors (Lipinski definition) is 0. The zero-order chi connectivity index (χ0) is 13.4. The minimum Gasteiger partial charge on any atom is -0.379 e. The summed E-state index contributed by atoms with van der Waals surface area (Å²) >= 11 is 11.9. The molecule has 2 aromatic rings. The van der Waals surface area contributed by atoms with E-state index in [0.29, 0.717) is 30.3 Å². The van der Waals surface area contributed by atoms with Gasteiger partial charge in [-0.25, -0.2) is 9.78 Å². The molecule has 2 aromatic heterocycles. The quantitative estimate of drug-likeness (QED) is 0.586. The van der Waals surface area contributed by atoms with E-state index < -0.39 is 0 Å². The van der Waals surface area contributed by atoms with E-state index in [1.807, 2.05) is 0 Å². The summed E-state index contributed by atoms with van der Waals surface area (Å²) in [6.45, 7) is 1.23. The molecule has 100 valence electrons. The van der Waals surface area contributed by atoms with Crippen LogP contribution in [-0.2, 0) is 17.3 Å². The summed E-state index contributed by atoms with van der Waals surface area (Å²) in [6, 6.07) is 0. The van der Waals surface area contributed by atoms with Crippen molar-refractivity contribution in [2.75, 3.05) is 13.2 Å². The molecule has 3 heterocycles. The summed E-state index contributed by atoms with van der Waals surface area (Å²) in [5, 5.41) is 0.241. The molecule has 2 atom stereocenters. The first kappa shape index (κ1) is 11.7. The highest BCUT2D eigenvalue weighted by molar-refractivity contribution is 6.35. The molecule has 1 saturated heterocycles. The Balaban J connectivity index is 2.11. The Bertz CT molecular complexity index is 768. The maximum Gasteiger partial charge on any atom is 0.330 e. The van der Waals surface area contributed by atoms with Crippen molar-refractivity contribution in [1.82, 2.24) is 19.1 Å². The minimum absolute atomic E-state index is 0.0457. The minimum atomic E-state index is -0.266. The van der Waals surface area contributed by atoms with Gasteiger partial charge in [-0.3, -0.25) is 9.13 Å². The largest absolute Gasteiger partial charge is 0.379 e. The molecule has 2 aliphatic rings. The standard InChI is InChI=1S/C11H10Cl2N4O2/c1-16-6-7(12)14-9(13)15-8(6)17(10(16)18)11-2-5(11)3-19-4-11/h5H,2-4H2,1H3. The molecule has 0 N–H and O–H groups in total. The summed E-state index contributed by atoms with van der Waals surface area (Å²) in [5.74, 6) is 0.378. The summed E-state index contributed by atoms with van der Waals surface area (Å²) in [5.41, 5.74) is 0.590. The first-order valence-electron chi connectivity index (χ1n) is 5.93. The van der Waals surface area contributed by atoms with E-state index in [0.717, 1.165) is 6.42 Å². The fourth-order valence-electron chi connectivity index (χ4n) is 3.05. The second-order valence-corrected chi connectivity index (χ2v) is 5.85. The van der Waals surface area contributed by atoms with Gasteiger partial charge in [-0.1, -0.05) is 11.6 Å². The van der Waals surface area contributed by atoms with Crippen molar-refractivity contribution in [3.63, 3.8) is 0 Å². The lowest BCUT2D eigenvalue weighted by Crippen LogP contribution is -2.33. The van der Waals surface area contributed by atoms with Crippen LogP contribution in [0.5, 0.6) is 0 Å². The highest BCUT2D eigenvalue weighted by Crippen LogP contribution is 2.54. The molecular weight excluding hydrogens is 291 g/mol. The Morgan fingerprint density at radius 3 is 2.84 bits per heavy atom. The fourth-order valence-corrected chi connectivity index (χ4v) is 3.55. The molecule has 1 aliphatic carbocycles. The first-order chi connectivity index (χ1) is 9.04. The lowest BCUT2D eigenvalue weighted by molar-refractivity contribution is 0.148. The molecule has 4 rings (SSSR count). The van der Waals surface area contributed by atoms with Gasteiger partial charge < -0.3 is 4.74 Å². The summed E-state index contributed by atoms with van der Waals surface area (Å²) < 4.78 is 8.61. The van der Waals surface area contributed by atoms with Gasteiger partial charge in [0.25, 0.3) is 0 Å². The molecule has 2 fully saturated rings. The third kappa shape index (κ3) is 1.34. The average molecular weight is 301 g/mol. The van der Waals surface area contributed by atoms with Crippen LogP contribution in [0.15, 0.2) is 4.79 Å². The summed E-state index contributed by atoms with van der Waals surface area (Å²) in [4.78, 5) is 20.6. The number of aryl methyl sites for hydroxylation is 1. The van der Waals surface area contributed by atoms with Crippen molar-refractivity contribution >= 4 is 34.4 Å². The molecule has 1 saturated carbocycles. The zero-order valence-corrected chi connectivity index (χ0v) is 11.6. The van der Waals surface area contributed by atoms with Crippen LogP contribution < -0.4 is 5.69 Å². The van der Waals surface area contributed by atoms with Crippen LogP contribution in [0.25, 0.3) is 11.2 Å². The van der Waals surface area contributed by atoms with E-state index >= 15 is 0 Å². The Morgan fingerprint density at radius 1 is 1.42 bits per heavy atom. The maximum absolute atomic E-state index is 12.5. The van der Waals surface area contributed by atoms with Crippen molar-refractivity contribution in [2.45, 2.75) is 12.0 Å². The molecule has 2 unspecified atom stereocenters. The molecule has 0 radical (unpaired) electrons. The summed E-state index contributed by atoms with van der Waals surface area (Å²) in [6.07, 6.45) is 0.936. The van der Waals surface area contributed by atoms with Gasteiger partial charge >= 0.3 is 5.69 Å². The second-order valence-electron chi connectivity index (χ2n) is 5.15. The van der Waals surface area contributed by atoms with Crippen LogP contribution in [0, 0.1) is 5.92 Å². The van der Waals surface area contributed by atoms with E-state index in [9.17, 15) is 4.79 Å². The molecule has 0 bridgehead atoms. The number of aromatic nitrogens is 4. The topological polar surface area (TPSA) is 61.9 Å². The molecule has 0 spiro atoms. The van der Waals surface area contributed by atoms with Gasteiger partial charge in [0.15, 0.2) is 10.8 Å². The van der Waals surface area contributed by atoms with Gasteiger partial charge in [-0.15, -0.1) is 0 Å². The SMILES string of the molecule is Cn1c(=O)n(C23COCC2C3)c2nc(Cl)nc(Cl)c21. The van der Waals surface area contributed by atoms with Gasteiger partial charge in [-0.2, -0.15) is 4.98 Å². The molecule has 0 amide bonds. The van der Waals surface area contributed by atoms with E-state index in [1.165, 1.54) is 4.57 Å². The third-order valence-corrected chi connectivity index (χ3v) is 4.57. The lowest BCUT2D eigenvalue weighted by Gasteiger charge is -2.12. The number of halogens is 2. The van der Waals surface area contributed by atoms with Crippen LogP contribution in [0.1, 0.15) is 6.42 Å². The van der Waals surface area contributed by atoms with Gasteiger partial charge in [-0.05, 0) is 18.0 Å². The van der Waals surface area contributed by atoms with Crippen LogP contribution >= 0.6 is 23.2 Å². The van der Waals surface area contributed by atoms with Crippen LogP contribution in [0.4, 0.5) is 0 Å². The predicted molar refractivity (Wildman–Crippen MR) is 69.7 cm³/mol. The predicted octanol–water partition coefficient (Wildman–Crippen LogP) is 1.18. The Hall–Kier alpha value is -1.11. The average Bonchev–Trinajstić information content (AvgIpc) is 2.78. The monoisotopic (exact) mass is 300 g/mol. The maximum atomic E-state index is 12.5. The Kier molecular flexibility index (Phi) is 2.16. The number of rotatable bonds is 1. The molecule has 1 aliphatic heterocycles. The van der Waals surface area contributed by atoms with Gasteiger partial charge in [0.05, 0.1) is 18.8 Å². The molecule has 6 nitrogen and oxygen atoms in total. The van der Waals surface area contributed by atoms with E-state index in [1.54, 1.807) is 11.6 Å². The molecule has 8 heteroatoms. The van der Waals surface area contributed by atoms with Crippen molar-refractivity contribution in [3.05, 3.63) is 20.9 Å². The third-order valence-electron chi connectivity index (χ3n) is 4.14. The smallest absolute Gasteiger partial charge is 0.330 e. The highest BCUT2D eigenvalue weighted by Gasteiger charge is 2.61. The lowest BCUT2D eigenvalue weighted by atomic mass is 10.2. The summed E-state index contributed by atoms with van der Waals surface area (Å²) in [7, 11) is 1.66. The number of hydrogen-bond acceptors (Lipinski definition) is 4. The van der Waals surface area contributed by atoms with E-state index in [-0.39, 0.29) is 21.7 Å². The van der Waals surface area contributed by atoms with Crippen LogP contribution in [-0.4, -0.2) is 32.3 Å². The van der Waals surface area contributed by atoms with Crippen molar-refractivity contribution in [3.8, 4) is 0 Å². The second kappa shape index (κ2) is 3.50. The van der Waals surface area contributed by atoms with Crippen molar-refractivity contribution in [2.24, 2.45) is 13.0 Å². The van der Waals surface area contributed by atoms with E-state index in [2.05, 4.69) is 9.97 Å². The van der Waals surface area contributed by atoms with Crippen molar-refractivity contribution in [1.29, 1.82) is 0 Å².